The summed E-state index contributed by atoms with van der Waals surface area (Å²) in [6, 6.07) is -0.824. The number of nitrogen functional groups attached to an aromatic ring is 1. The second kappa shape index (κ2) is 11.4. The third kappa shape index (κ3) is 6.78. The van der Waals surface area contributed by atoms with E-state index in [9.17, 15) is 14.5 Å². The highest BCUT2D eigenvalue weighted by Crippen LogP contribution is 2.25. The molecule has 2 aromatic heterocycles. The van der Waals surface area contributed by atoms with E-state index in [1.54, 1.807) is 32.4 Å². The summed E-state index contributed by atoms with van der Waals surface area (Å²) in [4.78, 5) is 24.4. The molecule has 13 nitrogen and oxygen atoms in total. The number of aliphatic hydroxyl groups is 1. The summed E-state index contributed by atoms with van der Waals surface area (Å²) >= 11 is 0. The molecule has 0 aliphatic carbocycles. The normalized spacial score (nSPS) is 15.9. The van der Waals surface area contributed by atoms with Crippen molar-refractivity contribution in [2.75, 3.05) is 24.7 Å². The Kier molecular flexibility index (Phi) is 9.22. The Balaban J connectivity index is 2.02. The van der Waals surface area contributed by atoms with Gasteiger partial charge in [-0.1, -0.05) is 5.09 Å². The number of nitrogens with zero attached hydrogens (tertiary/aromatic N) is 4. The first-order valence-corrected chi connectivity index (χ1v) is 11.3. The number of aromatic nitrogens is 4. The summed E-state index contributed by atoms with van der Waals surface area (Å²) in [7, 11) is -0.706. The molecule has 2 aromatic rings. The Bertz CT molecular complexity index is 938. The Morgan fingerprint density at radius 2 is 1.97 bits per heavy atom. The molecular formula is C18H31N7O6P+. The maximum atomic E-state index is 12.2. The molecule has 0 saturated carbocycles. The van der Waals surface area contributed by atoms with Crippen molar-refractivity contribution in [1.82, 2.24) is 24.6 Å². The van der Waals surface area contributed by atoms with Gasteiger partial charge in [0, 0.05) is 7.05 Å². The molecule has 0 fully saturated rings. The SMILES string of the molecule is CNc1nc(N)nc2c1ncn2[C@@H](C)O[C@H](CO[P+](=O)N[C@@H](C)C(=O)OC(C)C)C(C)O. The van der Waals surface area contributed by atoms with Gasteiger partial charge in [0.05, 0.1) is 18.5 Å². The van der Waals surface area contributed by atoms with Crippen LogP contribution in [0, 0.1) is 0 Å². The zero-order valence-electron chi connectivity index (χ0n) is 19.0. The Labute approximate surface area is 187 Å². The van der Waals surface area contributed by atoms with Crippen molar-refractivity contribution in [3.05, 3.63) is 6.33 Å². The predicted octanol–water partition coefficient (Wildman–Crippen LogP) is 1.34. The molecule has 0 spiro atoms. The van der Waals surface area contributed by atoms with Gasteiger partial charge in [-0.3, -0.25) is 9.36 Å². The fourth-order valence-corrected chi connectivity index (χ4v) is 3.49. The van der Waals surface area contributed by atoms with Crippen molar-refractivity contribution < 1.29 is 28.5 Å². The number of carbonyl (C=O) groups excluding carboxylic acids is 1. The van der Waals surface area contributed by atoms with Gasteiger partial charge < -0.3 is 25.6 Å². The van der Waals surface area contributed by atoms with E-state index in [2.05, 4.69) is 25.4 Å². The molecule has 0 amide bonds. The van der Waals surface area contributed by atoms with Gasteiger partial charge in [0.15, 0.2) is 17.0 Å². The van der Waals surface area contributed by atoms with Gasteiger partial charge in [-0.05, 0) is 39.2 Å². The first-order valence-electron chi connectivity index (χ1n) is 10.1. The molecule has 0 bridgehead atoms. The van der Waals surface area contributed by atoms with Crippen LogP contribution in [0.2, 0.25) is 0 Å². The quantitative estimate of drug-likeness (QED) is 0.258. The highest BCUT2D eigenvalue weighted by molar-refractivity contribution is 7.36. The number of aliphatic hydroxyl groups excluding tert-OH is 1. The van der Waals surface area contributed by atoms with E-state index < -0.39 is 38.6 Å². The molecule has 32 heavy (non-hydrogen) atoms. The molecule has 5 atom stereocenters. The number of carbonyl (C=O) groups is 1. The number of imidazole rings is 1. The lowest BCUT2D eigenvalue weighted by atomic mass is 10.2. The van der Waals surface area contributed by atoms with Crippen molar-refractivity contribution in [2.24, 2.45) is 0 Å². The van der Waals surface area contributed by atoms with Crippen molar-refractivity contribution in [3.8, 4) is 0 Å². The number of hydrogen-bond acceptors (Lipinski definition) is 11. The maximum Gasteiger partial charge on any atom is 0.613 e. The molecule has 0 aromatic carbocycles. The first kappa shape index (κ1) is 25.8. The van der Waals surface area contributed by atoms with Crippen LogP contribution in [0.25, 0.3) is 11.2 Å². The number of nitrogens with one attached hydrogen (secondary N) is 2. The molecule has 178 valence electrons. The first-order chi connectivity index (χ1) is 15.0. The number of anilines is 2. The van der Waals surface area contributed by atoms with Gasteiger partial charge >= 0.3 is 14.1 Å². The van der Waals surface area contributed by atoms with E-state index in [1.165, 1.54) is 20.2 Å². The predicted molar refractivity (Wildman–Crippen MR) is 118 cm³/mol. The van der Waals surface area contributed by atoms with Crippen molar-refractivity contribution >= 4 is 37.1 Å². The van der Waals surface area contributed by atoms with Crippen LogP contribution in [-0.2, 0) is 23.4 Å². The standard InChI is InChI=1S/C18H31N7O6P/c1-9(2)30-17(27)10(3)24-32(28)29-7-13(11(4)26)31-12(5)25-8-21-14-15(20-6)22-18(19)23-16(14)25/h8-13,26H,7H2,1-6H3,(H,24,28)(H3,19,20,22,23)/q+1/t10-,11?,12+,13+/m0/s1. The van der Waals surface area contributed by atoms with E-state index in [-0.39, 0.29) is 18.7 Å². The van der Waals surface area contributed by atoms with Crippen molar-refractivity contribution in [3.63, 3.8) is 0 Å². The summed E-state index contributed by atoms with van der Waals surface area (Å²) in [5.41, 5.74) is 6.73. The average molecular weight is 472 g/mol. The second-order valence-electron chi connectivity index (χ2n) is 7.41. The average Bonchev–Trinajstić information content (AvgIpc) is 3.13. The lowest BCUT2D eigenvalue weighted by Gasteiger charge is -2.23. The van der Waals surface area contributed by atoms with Crippen LogP contribution in [0.3, 0.4) is 0 Å². The molecule has 0 radical (unpaired) electrons. The monoisotopic (exact) mass is 472 g/mol. The Morgan fingerprint density at radius 3 is 2.56 bits per heavy atom. The van der Waals surface area contributed by atoms with Crippen molar-refractivity contribution in [1.29, 1.82) is 0 Å². The number of nitrogens with two attached hydrogens (primary N) is 1. The van der Waals surface area contributed by atoms with Gasteiger partial charge in [-0.2, -0.15) is 9.97 Å². The summed E-state index contributed by atoms with van der Waals surface area (Å²) in [5.74, 6) is -0.000441. The van der Waals surface area contributed by atoms with Gasteiger partial charge in [-0.15, -0.1) is 4.52 Å². The van der Waals surface area contributed by atoms with E-state index >= 15 is 0 Å². The number of ether oxygens (including phenoxy) is 2. The van der Waals surface area contributed by atoms with E-state index in [0.29, 0.717) is 17.0 Å². The molecule has 2 unspecified atom stereocenters. The van der Waals surface area contributed by atoms with E-state index in [1.807, 2.05) is 0 Å². The second-order valence-corrected chi connectivity index (χ2v) is 8.44. The molecule has 14 heteroatoms. The molecule has 2 heterocycles. The van der Waals surface area contributed by atoms with Crippen LogP contribution in [0.1, 0.15) is 40.8 Å². The third-order valence-corrected chi connectivity index (χ3v) is 5.32. The summed E-state index contributed by atoms with van der Waals surface area (Å²) in [6.45, 7) is 8.02. The lowest BCUT2D eigenvalue weighted by Crippen LogP contribution is -2.35. The summed E-state index contributed by atoms with van der Waals surface area (Å²) in [6.07, 6.45) is -1.15. The van der Waals surface area contributed by atoms with Gasteiger partial charge in [-0.25, -0.2) is 4.98 Å². The molecule has 5 N–H and O–H groups in total. The number of fused-ring (bicyclic) bond motifs is 1. The minimum Gasteiger partial charge on any atom is -0.462 e. The number of hydrogen-bond donors (Lipinski definition) is 4. The molecular weight excluding hydrogens is 441 g/mol. The third-order valence-electron chi connectivity index (χ3n) is 4.34. The Hall–Kier alpha value is -2.44. The van der Waals surface area contributed by atoms with E-state index in [4.69, 9.17) is 19.7 Å². The molecule has 0 saturated heterocycles. The summed E-state index contributed by atoms with van der Waals surface area (Å²) < 4.78 is 30.1. The van der Waals surface area contributed by atoms with E-state index in [0.717, 1.165) is 0 Å². The van der Waals surface area contributed by atoms with Gasteiger partial charge in [0.25, 0.3) is 0 Å². The van der Waals surface area contributed by atoms with Crippen LogP contribution in [0.5, 0.6) is 0 Å². The number of esters is 1. The largest absolute Gasteiger partial charge is 0.613 e. The number of rotatable bonds is 12. The van der Waals surface area contributed by atoms with Crippen LogP contribution in [-0.4, -0.2) is 68.6 Å². The minimum absolute atomic E-state index is 0.0689. The molecule has 2 rings (SSSR count). The Morgan fingerprint density at radius 1 is 1.28 bits per heavy atom. The zero-order valence-corrected chi connectivity index (χ0v) is 19.9. The van der Waals surface area contributed by atoms with Gasteiger partial charge in [0.1, 0.15) is 25.0 Å². The minimum atomic E-state index is -2.40. The van der Waals surface area contributed by atoms with Crippen LogP contribution in [0.4, 0.5) is 11.8 Å². The highest BCUT2D eigenvalue weighted by atomic mass is 31.1. The summed E-state index contributed by atoms with van der Waals surface area (Å²) in [5, 5.41) is 15.5. The maximum absolute atomic E-state index is 12.2. The smallest absolute Gasteiger partial charge is 0.462 e. The fraction of sp³-hybridized carbons (Fsp3) is 0.667. The van der Waals surface area contributed by atoms with Crippen LogP contribution < -0.4 is 16.1 Å². The fourth-order valence-electron chi connectivity index (χ4n) is 2.71. The highest BCUT2D eigenvalue weighted by Gasteiger charge is 2.31. The lowest BCUT2D eigenvalue weighted by molar-refractivity contribution is -0.149. The van der Waals surface area contributed by atoms with Crippen LogP contribution >= 0.6 is 8.18 Å². The van der Waals surface area contributed by atoms with Crippen molar-refractivity contribution in [2.45, 2.75) is 65.2 Å². The van der Waals surface area contributed by atoms with Crippen LogP contribution in [0.15, 0.2) is 6.33 Å². The van der Waals surface area contributed by atoms with Gasteiger partial charge in [0.2, 0.25) is 5.95 Å². The molecule has 0 aliphatic heterocycles. The zero-order chi connectivity index (χ0) is 24.0. The topological polar surface area (TPSA) is 176 Å². The molecule has 0 aliphatic rings.